The van der Waals surface area contributed by atoms with E-state index in [2.05, 4.69) is 42.5 Å². The molecule has 1 amide bonds. The molecular formula is C26H26IN7O3. The van der Waals surface area contributed by atoms with Crippen LogP contribution >= 0.6 is 22.6 Å². The molecule has 0 aromatic carbocycles. The fraction of sp³-hybridized carbons (Fsp3) is 0.385. The summed E-state index contributed by atoms with van der Waals surface area (Å²) in [5, 5.41) is 0. The minimum Gasteiger partial charge on any atom is -0.332 e. The fourth-order valence-electron chi connectivity index (χ4n) is 4.54. The van der Waals surface area contributed by atoms with E-state index < -0.39 is 0 Å². The number of nitrogens with one attached hydrogen (secondary N) is 1. The number of pyridine rings is 2. The molecule has 2 aliphatic carbocycles. The number of rotatable bonds is 8. The number of nitrogens with zero attached hydrogens (tertiary/aromatic N) is 6. The first-order chi connectivity index (χ1) is 17.9. The van der Waals surface area contributed by atoms with Crippen molar-refractivity contribution in [2.45, 2.75) is 51.6 Å². The number of aryl methyl sites for hydroxylation is 1. The highest BCUT2D eigenvalue weighted by molar-refractivity contribution is 14.1. The zero-order valence-electron chi connectivity index (χ0n) is 20.4. The molecule has 6 rings (SSSR count). The number of hydrogen-bond donors (Lipinski definition) is 1. The molecule has 4 heterocycles. The Morgan fingerprint density at radius 3 is 2.54 bits per heavy atom. The Bertz CT molecular complexity index is 1600. The molecular weight excluding hydrogens is 585 g/mol. The van der Waals surface area contributed by atoms with Crippen LogP contribution in [0.15, 0.2) is 46.2 Å². The van der Waals surface area contributed by atoms with Crippen LogP contribution in [-0.4, -0.2) is 41.5 Å². The summed E-state index contributed by atoms with van der Waals surface area (Å²) < 4.78 is 3.77. The molecule has 0 aliphatic heterocycles. The summed E-state index contributed by atoms with van der Waals surface area (Å²) in [5.41, 5.74) is 1.26. The predicted octanol–water partition coefficient (Wildman–Crippen LogP) is 3.75. The zero-order valence-corrected chi connectivity index (χ0v) is 22.5. The average Bonchev–Trinajstić information content (AvgIpc) is 3.84. The van der Waals surface area contributed by atoms with Crippen molar-refractivity contribution in [3.05, 3.63) is 66.8 Å². The van der Waals surface area contributed by atoms with Crippen LogP contribution in [0.2, 0.25) is 0 Å². The second-order valence-electron chi connectivity index (χ2n) is 9.76. The highest BCUT2D eigenvalue weighted by Gasteiger charge is 2.31. The molecule has 2 fully saturated rings. The van der Waals surface area contributed by atoms with Crippen molar-refractivity contribution in [1.82, 2.24) is 29.1 Å². The third-order valence-corrected chi connectivity index (χ3v) is 7.46. The van der Waals surface area contributed by atoms with Gasteiger partial charge in [0.05, 0.1) is 5.56 Å². The Morgan fingerprint density at radius 2 is 1.92 bits per heavy atom. The fourth-order valence-corrected chi connectivity index (χ4v) is 4.86. The van der Waals surface area contributed by atoms with Gasteiger partial charge in [-0.2, -0.15) is 0 Å². The largest absolute Gasteiger partial charge is 0.333 e. The van der Waals surface area contributed by atoms with E-state index in [1.165, 1.54) is 4.57 Å². The van der Waals surface area contributed by atoms with Crippen LogP contribution in [-0.2, 0) is 6.54 Å². The molecule has 2 saturated carbocycles. The Labute approximate surface area is 225 Å². The summed E-state index contributed by atoms with van der Waals surface area (Å²) in [4.78, 5) is 57.8. The summed E-state index contributed by atoms with van der Waals surface area (Å²) in [6, 6.07) is 7.20. The maximum absolute atomic E-state index is 13.3. The lowest BCUT2D eigenvalue weighted by Crippen LogP contribution is -2.39. The van der Waals surface area contributed by atoms with Crippen LogP contribution in [0.1, 0.15) is 55.4 Å². The van der Waals surface area contributed by atoms with Crippen LogP contribution < -0.4 is 16.1 Å². The summed E-state index contributed by atoms with van der Waals surface area (Å²) >= 11 is 2.11. The molecule has 0 unspecified atom stereocenters. The molecule has 0 atom stereocenters. The van der Waals surface area contributed by atoms with Gasteiger partial charge in [0.1, 0.15) is 20.9 Å². The molecule has 0 spiro atoms. The maximum Gasteiger partial charge on any atom is 0.333 e. The van der Waals surface area contributed by atoms with Gasteiger partial charge >= 0.3 is 5.69 Å². The van der Waals surface area contributed by atoms with Crippen LogP contribution in [0.5, 0.6) is 0 Å². The Kier molecular flexibility index (Phi) is 6.17. The third kappa shape index (κ3) is 4.60. The van der Waals surface area contributed by atoms with Gasteiger partial charge in [-0.25, -0.2) is 19.7 Å². The predicted molar refractivity (Wildman–Crippen MR) is 148 cm³/mol. The number of anilines is 1. The number of halogens is 1. The number of carbonyl (C=O) groups excluding carboxylic acids is 1. The second-order valence-corrected chi connectivity index (χ2v) is 10.9. The smallest absolute Gasteiger partial charge is 0.332 e. The van der Waals surface area contributed by atoms with E-state index in [1.54, 1.807) is 34.0 Å². The quantitative estimate of drug-likeness (QED) is 0.240. The standard InChI is InChI=1S/C26H26IN7O3/c1-2-11-32-23-21(25(36)34(26(32)37)18-7-8-18)30-22(31-23)16-6-10-20(29-12-16)33(14-15-3-4-15)24(35)17-5-9-19(27)28-13-17/h5-6,9-10,12-13,15,18H,2-4,7-8,11,14H2,1H3,(H,30,31). The van der Waals surface area contributed by atoms with Gasteiger partial charge in [0.15, 0.2) is 5.65 Å². The molecule has 4 aromatic rings. The Balaban J connectivity index is 1.36. The van der Waals surface area contributed by atoms with Crippen molar-refractivity contribution in [2.75, 3.05) is 11.4 Å². The monoisotopic (exact) mass is 611 g/mol. The topological polar surface area (TPSA) is 119 Å². The van der Waals surface area contributed by atoms with E-state index in [9.17, 15) is 14.4 Å². The number of hydrogen-bond acceptors (Lipinski definition) is 6. The SMILES string of the molecule is CCCn1c(=O)n(C2CC2)c(=O)c2[nH]c(-c3ccc(N(CC4CC4)C(=O)c4ccc(I)nc4)nc3)nc21. The zero-order chi connectivity index (χ0) is 25.7. The summed E-state index contributed by atoms with van der Waals surface area (Å²) in [6.45, 7) is 3.07. The van der Waals surface area contributed by atoms with Gasteiger partial charge < -0.3 is 4.98 Å². The number of carbonyl (C=O) groups is 1. The summed E-state index contributed by atoms with van der Waals surface area (Å²) in [5.74, 6) is 1.35. The lowest BCUT2D eigenvalue weighted by molar-refractivity contribution is 0.0984. The van der Waals surface area contributed by atoms with Crippen molar-refractivity contribution in [3.8, 4) is 11.4 Å². The van der Waals surface area contributed by atoms with Gasteiger partial charge in [-0.05, 0) is 84.9 Å². The normalized spacial score (nSPS) is 15.3. The molecule has 37 heavy (non-hydrogen) atoms. The first-order valence-electron chi connectivity index (χ1n) is 12.6. The van der Waals surface area contributed by atoms with E-state index in [-0.39, 0.29) is 23.2 Å². The average molecular weight is 611 g/mol. The van der Waals surface area contributed by atoms with Crippen molar-refractivity contribution in [3.63, 3.8) is 0 Å². The number of aromatic nitrogens is 6. The van der Waals surface area contributed by atoms with E-state index in [1.807, 2.05) is 19.1 Å². The first-order valence-corrected chi connectivity index (χ1v) is 13.7. The van der Waals surface area contributed by atoms with Crippen molar-refractivity contribution < 1.29 is 4.79 Å². The highest BCUT2D eigenvalue weighted by Crippen LogP contribution is 2.33. The summed E-state index contributed by atoms with van der Waals surface area (Å²) in [6.07, 6.45) is 7.87. The van der Waals surface area contributed by atoms with E-state index in [0.29, 0.717) is 52.9 Å². The second kappa shape index (κ2) is 9.51. The van der Waals surface area contributed by atoms with Gasteiger partial charge in [-0.15, -0.1) is 0 Å². The minimum atomic E-state index is -0.328. The molecule has 11 heteroatoms. The van der Waals surface area contributed by atoms with Crippen molar-refractivity contribution in [1.29, 1.82) is 0 Å². The van der Waals surface area contributed by atoms with Gasteiger partial charge in [0.25, 0.3) is 11.5 Å². The molecule has 1 N–H and O–H groups in total. The Hall–Kier alpha value is -3.35. The van der Waals surface area contributed by atoms with E-state index >= 15 is 0 Å². The molecule has 2 aliphatic rings. The molecule has 0 saturated heterocycles. The van der Waals surface area contributed by atoms with Gasteiger partial charge in [-0.3, -0.25) is 23.6 Å². The maximum atomic E-state index is 13.3. The number of fused-ring (bicyclic) bond motifs is 1. The molecule has 10 nitrogen and oxygen atoms in total. The van der Waals surface area contributed by atoms with E-state index in [0.717, 1.165) is 35.8 Å². The lowest BCUT2D eigenvalue weighted by atomic mass is 10.2. The molecule has 0 bridgehead atoms. The number of imidazole rings is 1. The molecule has 190 valence electrons. The lowest BCUT2D eigenvalue weighted by Gasteiger charge is -2.22. The van der Waals surface area contributed by atoms with Crippen LogP contribution in [0.4, 0.5) is 5.82 Å². The van der Waals surface area contributed by atoms with E-state index in [4.69, 9.17) is 0 Å². The number of H-pyrrole nitrogens is 1. The third-order valence-electron chi connectivity index (χ3n) is 6.82. The van der Waals surface area contributed by atoms with Crippen LogP contribution in [0.3, 0.4) is 0 Å². The van der Waals surface area contributed by atoms with Crippen LogP contribution in [0, 0.1) is 9.62 Å². The van der Waals surface area contributed by atoms with Gasteiger partial charge in [0.2, 0.25) is 0 Å². The Morgan fingerprint density at radius 1 is 1.11 bits per heavy atom. The number of aromatic amines is 1. The number of amides is 1. The van der Waals surface area contributed by atoms with Crippen molar-refractivity contribution >= 4 is 45.5 Å². The van der Waals surface area contributed by atoms with Crippen molar-refractivity contribution in [2.24, 2.45) is 5.92 Å². The summed E-state index contributed by atoms with van der Waals surface area (Å²) in [7, 11) is 0. The van der Waals surface area contributed by atoms with Gasteiger partial charge in [0, 0.05) is 37.1 Å². The first kappa shape index (κ1) is 24.0. The molecule has 4 aromatic heterocycles. The van der Waals surface area contributed by atoms with Crippen LogP contribution in [0.25, 0.3) is 22.6 Å². The minimum absolute atomic E-state index is 0.0292. The highest BCUT2D eigenvalue weighted by atomic mass is 127. The molecule has 0 radical (unpaired) electrons. The van der Waals surface area contributed by atoms with Gasteiger partial charge in [-0.1, -0.05) is 6.92 Å².